The van der Waals surface area contributed by atoms with Gasteiger partial charge in [-0.25, -0.2) is 5.52 Å². The zero-order valence-electron chi connectivity index (χ0n) is 10.0. The molecule has 1 aliphatic rings. The zero-order chi connectivity index (χ0) is 11.8. The smallest absolute Gasteiger partial charge is 0.0645 e. The predicted octanol–water partition coefficient (Wildman–Crippen LogP) is 1.29. The van der Waals surface area contributed by atoms with Crippen molar-refractivity contribution < 1.29 is 70.9 Å². The Hall–Kier alpha value is -0.183. The fourth-order valence-electron chi connectivity index (χ4n) is 2.04. The van der Waals surface area contributed by atoms with E-state index >= 15 is 0 Å². The molecule has 1 fully saturated rings. The molecule has 107 valence electrons. The SMILES string of the molecule is O=C1CCC(c2n[n-]c3cc[c-]cc23)C(=O)[N-]1.[Re].[Re].[Re]. The van der Waals surface area contributed by atoms with Crippen LogP contribution in [0.25, 0.3) is 16.2 Å². The first-order chi connectivity index (χ1) is 8.25. The van der Waals surface area contributed by atoms with Crippen molar-refractivity contribution in [1.82, 2.24) is 10.2 Å². The summed E-state index contributed by atoms with van der Waals surface area (Å²) in [4.78, 5) is 22.7. The molecule has 2 heterocycles. The molecule has 2 amide bonds. The van der Waals surface area contributed by atoms with E-state index in [1.54, 1.807) is 18.2 Å². The van der Waals surface area contributed by atoms with Crippen molar-refractivity contribution in [3.63, 3.8) is 0 Å². The molecule has 2 aromatic rings. The van der Waals surface area contributed by atoms with E-state index in [1.807, 2.05) is 0 Å². The Labute approximate surface area is 157 Å². The van der Waals surface area contributed by atoms with Crippen molar-refractivity contribution in [3.05, 3.63) is 35.3 Å². The Bertz CT molecular complexity index is 615. The number of imide groups is 1. The maximum atomic E-state index is 11.7. The van der Waals surface area contributed by atoms with Crippen molar-refractivity contribution in [2.24, 2.45) is 0 Å². The molecule has 1 aliphatic heterocycles. The van der Waals surface area contributed by atoms with Gasteiger partial charge in [0.15, 0.2) is 0 Å². The maximum Gasteiger partial charge on any atom is 0.0645 e. The Kier molecular flexibility index (Phi) is 8.23. The molecule has 8 heteroatoms. The van der Waals surface area contributed by atoms with Gasteiger partial charge in [-0.15, -0.1) is 5.39 Å². The van der Waals surface area contributed by atoms with Gasteiger partial charge in [0.1, 0.15) is 0 Å². The fourth-order valence-corrected chi connectivity index (χ4v) is 2.04. The minimum Gasteiger partial charge on any atom is -0.597 e. The van der Waals surface area contributed by atoms with Gasteiger partial charge in [0.25, 0.3) is 0 Å². The molecule has 5 nitrogen and oxygen atoms in total. The number of fused-ring (bicyclic) bond motifs is 1. The topological polar surface area (TPSA) is 75.2 Å². The summed E-state index contributed by atoms with van der Waals surface area (Å²) in [5.74, 6) is -1.19. The van der Waals surface area contributed by atoms with E-state index in [0.29, 0.717) is 18.5 Å². The molecule has 0 N–H and O–H groups in total. The molecule has 1 unspecified atom stereocenters. The fraction of sp³-hybridized carbons (Fsp3) is 0.250. The molecule has 1 atom stereocenters. The van der Waals surface area contributed by atoms with E-state index < -0.39 is 11.8 Å². The van der Waals surface area contributed by atoms with Gasteiger partial charge in [-0.05, 0) is 18.5 Å². The van der Waals surface area contributed by atoms with Crippen LogP contribution < -0.4 is 5.10 Å². The summed E-state index contributed by atoms with van der Waals surface area (Å²) in [5, 5.41) is 12.3. The van der Waals surface area contributed by atoms with E-state index in [2.05, 4.69) is 21.6 Å². The van der Waals surface area contributed by atoms with E-state index in [1.165, 1.54) is 0 Å². The molecule has 1 saturated heterocycles. The van der Waals surface area contributed by atoms with Crippen LogP contribution in [-0.4, -0.2) is 16.9 Å². The Morgan fingerprint density at radius 1 is 1.25 bits per heavy atom. The van der Waals surface area contributed by atoms with Crippen molar-refractivity contribution in [1.29, 1.82) is 0 Å². The number of piperidine rings is 1. The minimum atomic E-state index is -0.437. The Morgan fingerprint density at radius 2 is 2.00 bits per heavy atom. The van der Waals surface area contributed by atoms with Crippen molar-refractivity contribution in [2.75, 3.05) is 0 Å². The number of amides is 2. The molecule has 20 heavy (non-hydrogen) atoms. The monoisotopic (exact) mass is 787 g/mol. The third-order valence-corrected chi connectivity index (χ3v) is 2.89. The Morgan fingerprint density at radius 3 is 2.70 bits per heavy atom. The van der Waals surface area contributed by atoms with Gasteiger partial charge in [-0.2, -0.15) is 24.3 Å². The van der Waals surface area contributed by atoms with Crippen LogP contribution in [0.4, 0.5) is 0 Å². The van der Waals surface area contributed by atoms with Gasteiger partial charge in [0.2, 0.25) is 0 Å². The largest absolute Gasteiger partial charge is 0.597 e. The maximum absolute atomic E-state index is 11.7. The van der Waals surface area contributed by atoms with Crippen LogP contribution in [0.5, 0.6) is 0 Å². The first-order valence-corrected chi connectivity index (χ1v) is 5.33. The second-order valence-corrected chi connectivity index (χ2v) is 3.96. The number of benzene rings is 1. The van der Waals surface area contributed by atoms with E-state index in [-0.39, 0.29) is 67.2 Å². The molecule has 0 spiro atoms. The number of nitrogens with zero attached hydrogens (tertiary/aromatic N) is 3. The van der Waals surface area contributed by atoms with Gasteiger partial charge in [0.05, 0.1) is 11.8 Å². The zero-order valence-corrected chi connectivity index (χ0v) is 18.2. The van der Waals surface area contributed by atoms with Gasteiger partial charge in [-0.3, -0.25) is 0 Å². The van der Waals surface area contributed by atoms with E-state index in [0.717, 1.165) is 10.9 Å². The molecule has 0 aliphatic carbocycles. The molecular formula is C12H8N3O2Re3-3. The number of rotatable bonds is 1. The van der Waals surface area contributed by atoms with Crippen LogP contribution in [0.2, 0.25) is 0 Å². The third-order valence-electron chi connectivity index (χ3n) is 2.89. The minimum absolute atomic E-state index is 0. The molecule has 0 saturated carbocycles. The quantitative estimate of drug-likeness (QED) is 0.323. The number of aromatic nitrogens is 2. The van der Waals surface area contributed by atoms with Gasteiger partial charge >= 0.3 is 0 Å². The molecule has 0 bridgehead atoms. The number of carbonyl (C=O) groups is 2. The van der Waals surface area contributed by atoms with E-state index in [4.69, 9.17) is 0 Å². The average Bonchev–Trinajstić information content (AvgIpc) is 2.73. The van der Waals surface area contributed by atoms with Crippen LogP contribution in [-0.2, 0) is 70.9 Å². The molecule has 1 aromatic carbocycles. The standard InChI is InChI=1S/C12H9N3O2.3Re/c16-10-6-5-8(12(17)13-10)11-7-3-1-2-4-9(7)14-15-11;;;/h2-4,8H,5-6H2,(H-,13,14,15,16,17);;;/q-2;;;/p-1. The molecular weight excluding hydrogens is 777 g/mol. The van der Waals surface area contributed by atoms with E-state index in [9.17, 15) is 9.59 Å². The second-order valence-electron chi connectivity index (χ2n) is 3.96. The van der Waals surface area contributed by atoms with Crippen molar-refractivity contribution >= 4 is 22.7 Å². The third kappa shape index (κ3) is 3.72. The summed E-state index contributed by atoms with van der Waals surface area (Å²) in [6.45, 7) is 0. The van der Waals surface area contributed by atoms with Crippen LogP contribution in [0.3, 0.4) is 0 Å². The Balaban J connectivity index is 0.00000120. The summed E-state index contributed by atoms with van der Waals surface area (Å²) >= 11 is 0. The molecule has 3 rings (SSSR count). The van der Waals surface area contributed by atoms with Gasteiger partial charge in [-0.1, -0.05) is 0 Å². The normalized spacial score (nSPS) is 17.5. The molecule has 3 radical (unpaired) electrons. The van der Waals surface area contributed by atoms with Crippen molar-refractivity contribution in [3.8, 4) is 0 Å². The van der Waals surface area contributed by atoms with Crippen LogP contribution in [0.15, 0.2) is 18.2 Å². The van der Waals surface area contributed by atoms with Crippen LogP contribution in [0, 0.1) is 6.07 Å². The summed E-state index contributed by atoms with van der Waals surface area (Å²) in [5.41, 5.74) is 1.35. The number of hydrogen-bond acceptors (Lipinski definition) is 3. The summed E-state index contributed by atoms with van der Waals surface area (Å²) in [6.07, 6.45) is 0.755. The first kappa shape index (κ1) is 19.8. The average molecular weight is 785 g/mol. The summed E-state index contributed by atoms with van der Waals surface area (Å²) < 4.78 is 0. The summed E-state index contributed by atoms with van der Waals surface area (Å²) in [7, 11) is 0. The summed E-state index contributed by atoms with van der Waals surface area (Å²) in [6, 6.07) is 8.23. The van der Waals surface area contributed by atoms with Crippen LogP contribution >= 0.6 is 0 Å². The van der Waals surface area contributed by atoms with Crippen LogP contribution in [0.1, 0.15) is 24.5 Å². The predicted molar refractivity (Wildman–Crippen MR) is 59.2 cm³/mol. The van der Waals surface area contributed by atoms with Gasteiger partial charge in [0, 0.05) is 67.2 Å². The molecule has 1 aromatic heterocycles. The van der Waals surface area contributed by atoms with Crippen molar-refractivity contribution in [2.45, 2.75) is 18.8 Å². The van der Waals surface area contributed by atoms with Gasteiger partial charge < -0.3 is 25.1 Å². The first-order valence-electron chi connectivity index (χ1n) is 5.33. The second kappa shape index (κ2) is 8.31. The number of hydrogen-bond donors (Lipinski definition) is 0. The number of carbonyl (C=O) groups excluding carboxylic acids is 2.